The van der Waals surface area contributed by atoms with Crippen LogP contribution in [-0.4, -0.2) is 30.3 Å². The van der Waals surface area contributed by atoms with Crippen molar-refractivity contribution in [2.24, 2.45) is 0 Å². The summed E-state index contributed by atoms with van der Waals surface area (Å²) >= 11 is 0. The van der Waals surface area contributed by atoms with E-state index < -0.39 is 0 Å². The molecule has 0 bridgehead atoms. The Morgan fingerprint density at radius 3 is 2.71 bits per heavy atom. The predicted molar refractivity (Wildman–Crippen MR) is 117 cm³/mol. The summed E-state index contributed by atoms with van der Waals surface area (Å²) in [6.07, 6.45) is 3.49. The first kappa shape index (κ1) is 21.1. The molecule has 1 fully saturated rings. The first-order valence-corrected chi connectivity index (χ1v) is 10.5. The molecule has 1 aromatic heterocycles. The Kier molecular flexibility index (Phi) is 6.32. The highest BCUT2D eigenvalue weighted by Crippen LogP contribution is 2.37. The van der Waals surface area contributed by atoms with Crippen LogP contribution >= 0.6 is 0 Å². The average molecular weight is 423 g/mol. The van der Waals surface area contributed by atoms with Crippen molar-refractivity contribution >= 4 is 11.6 Å². The van der Waals surface area contributed by atoms with E-state index in [1.807, 2.05) is 26.0 Å². The number of aryl methyl sites for hydroxylation is 2. The van der Waals surface area contributed by atoms with Crippen LogP contribution in [0.3, 0.4) is 0 Å². The number of benzene rings is 2. The summed E-state index contributed by atoms with van der Waals surface area (Å²) in [6, 6.07) is 11.3. The Morgan fingerprint density at radius 2 is 2.03 bits per heavy atom. The molecule has 0 unspecified atom stereocenters. The number of nitrogens with zero attached hydrogens (tertiary/aromatic N) is 1. The molecule has 4 rings (SSSR count). The Balaban J connectivity index is 1.60. The molecule has 2 aromatic carbocycles. The van der Waals surface area contributed by atoms with Crippen molar-refractivity contribution in [3.05, 3.63) is 65.3 Å². The van der Waals surface area contributed by atoms with E-state index in [2.05, 4.69) is 15.8 Å². The average Bonchev–Trinajstić information content (AvgIpc) is 3.11. The minimum absolute atomic E-state index is 0.315. The number of amides is 1. The highest BCUT2D eigenvalue weighted by Gasteiger charge is 2.19. The fourth-order valence-corrected chi connectivity index (χ4v) is 3.86. The smallest absolute Gasteiger partial charge is 0.255 e. The van der Waals surface area contributed by atoms with Gasteiger partial charge < -0.3 is 19.9 Å². The molecule has 31 heavy (non-hydrogen) atoms. The minimum Gasteiger partial charge on any atom is -0.491 e. The minimum atomic E-state index is -0.383. The lowest BCUT2D eigenvalue weighted by Gasteiger charge is -2.24. The van der Waals surface area contributed by atoms with Crippen molar-refractivity contribution in [2.75, 3.05) is 18.5 Å². The summed E-state index contributed by atoms with van der Waals surface area (Å²) in [5.74, 6) is 0.692. The standard InChI is InChI=1S/C24H26FN3O3/c1-15-23(16(2)31-28-15)21-13-19(27-24(29)17-6-8-18(25)9-7-17)10-11-22(21)30-14-20-5-3-4-12-26-20/h6-11,13,20,26H,3-5,12,14H2,1-2H3,(H,27,29)/t20-/m1/s1. The number of anilines is 1. The van der Waals surface area contributed by atoms with Crippen molar-refractivity contribution in [1.82, 2.24) is 10.5 Å². The van der Waals surface area contributed by atoms with Gasteiger partial charge in [-0.15, -0.1) is 0 Å². The van der Waals surface area contributed by atoms with Gasteiger partial charge in [0.1, 0.15) is 23.9 Å². The number of aromatic nitrogens is 1. The number of carbonyl (C=O) groups excluding carboxylic acids is 1. The highest BCUT2D eigenvalue weighted by molar-refractivity contribution is 6.04. The molecule has 1 aliphatic heterocycles. The van der Waals surface area contributed by atoms with Gasteiger partial charge in [-0.05, 0) is 75.7 Å². The second-order valence-electron chi connectivity index (χ2n) is 7.83. The third kappa shape index (κ3) is 4.94. The van der Waals surface area contributed by atoms with Crippen LogP contribution in [0.15, 0.2) is 47.0 Å². The molecule has 1 atom stereocenters. The van der Waals surface area contributed by atoms with Crippen LogP contribution in [0.4, 0.5) is 10.1 Å². The molecular formula is C24H26FN3O3. The Labute approximate surface area is 180 Å². The summed E-state index contributed by atoms with van der Waals surface area (Å²) in [6.45, 7) is 5.31. The molecule has 1 saturated heterocycles. The van der Waals surface area contributed by atoms with Gasteiger partial charge in [0, 0.05) is 22.9 Å². The van der Waals surface area contributed by atoms with Crippen molar-refractivity contribution < 1.29 is 18.4 Å². The quantitative estimate of drug-likeness (QED) is 0.592. The van der Waals surface area contributed by atoms with Crippen molar-refractivity contribution in [2.45, 2.75) is 39.2 Å². The molecule has 6 nitrogen and oxygen atoms in total. The van der Waals surface area contributed by atoms with Gasteiger partial charge in [-0.25, -0.2) is 4.39 Å². The van der Waals surface area contributed by atoms with Crippen LogP contribution in [0.2, 0.25) is 0 Å². The monoisotopic (exact) mass is 423 g/mol. The maximum Gasteiger partial charge on any atom is 0.255 e. The molecule has 7 heteroatoms. The molecule has 2 N–H and O–H groups in total. The summed E-state index contributed by atoms with van der Waals surface area (Å²) in [7, 11) is 0. The first-order valence-electron chi connectivity index (χ1n) is 10.5. The van der Waals surface area contributed by atoms with E-state index in [0.717, 1.165) is 29.8 Å². The molecule has 2 heterocycles. The molecule has 0 aliphatic carbocycles. The number of piperidine rings is 1. The van der Waals surface area contributed by atoms with E-state index in [1.165, 1.54) is 37.1 Å². The van der Waals surface area contributed by atoms with Crippen LogP contribution < -0.4 is 15.4 Å². The van der Waals surface area contributed by atoms with Crippen LogP contribution in [0.1, 0.15) is 41.1 Å². The van der Waals surface area contributed by atoms with E-state index in [4.69, 9.17) is 9.26 Å². The van der Waals surface area contributed by atoms with Crippen molar-refractivity contribution in [1.29, 1.82) is 0 Å². The number of nitrogens with one attached hydrogen (secondary N) is 2. The van der Waals surface area contributed by atoms with Gasteiger partial charge in [0.15, 0.2) is 0 Å². The van der Waals surface area contributed by atoms with Gasteiger partial charge in [-0.1, -0.05) is 11.6 Å². The van der Waals surface area contributed by atoms with Crippen LogP contribution in [0.5, 0.6) is 5.75 Å². The first-order chi connectivity index (χ1) is 15.0. The second kappa shape index (κ2) is 9.31. The summed E-state index contributed by atoms with van der Waals surface area (Å²) in [5.41, 5.74) is 3.39. The number of carbonyl (C=O) groups is 1. The molecular weight excluding hydrogens is 397 g/mol. The summed E-state index contributed by atoms with van der Waals surface area (Å²) < 4.78 is 24.7. The van der Waals surface area contributed by atoms with E-state index in [1.54, 1.807) is 6.07 Å². The summed E-state index contributed by atoms with van der Waals surface area (Å²) in [5, 5.41) is 10.4. The molecule has 0 radical (unpaired) electrons. The van der Waals surface area contributed by atoms with Gasteiger partial charge in [0.05, 0.1) is 11.3 Å². The lowest BCUT2D eigenvalue weighted by atomic mass is 10.0. The fraction of sp³-hybridized carbons (Fsp3) is 0.333. The number of hydrogen-bond donors (Lipinski definition) is 2. The topological polar surface area (TPSA) is 76.4 Å². The van der Waals surface area contributed by atoms with E-state index >= 15 is 0 Å². The number of halogens is 1. The molecule has 0 spiro atoms. The SMILES string of the molecule is Cc1noc(C)c1-c1cc(NC(=O)c2ccc(F)cc2)ccc1OC[C@H]1CCCCN1. The molecule has 1 amide bonds. The molecule has 0 saturated carbocycles. The normalized spacial score (nSPS) is 16.2. The zero-order chi connectivity index (χ0) is 21.8. The Hall–Kier alpha value is -3.19. The lowest BCUT2D eigenvalue weighted by molar-refractivity contribution is 0.102. The van der Waals surface area contributed by atoms with Gasteiger partial charge in [-0.3, -0.25) is 4.79 Å². The number of rotatable bonds is 6. The van der Waals surface area contributed by atoms with Gasteiger partial charge >= 0.3 is 0 Å². The zero-order valence-corrected chi connectivity index (χ0v) is 17.7. The van der Waals surface area contributed by atoms with Gasteiger partial charge in [-0.2, -0.15) is 0 Å². The van der Waals surface area contributed by atoms with Gasteiger partial charge in [0.2, 0.25) is 0 Å². The molecule has 162 valence electrons. The highest BCUT2D eigenvalue weighted by atomic mass is 19.1. The largest absolute Gasteiger partial charge is 0.491 e. The Morgan fingerprint density at radius 1 is 1.23 bits per heavy atom. The van der Waals surface area contributed by atoms with Crippen molar-refractivity contribution in [3.8, 4) is 16.9 Å². The third-order valence-electron chi connectivity index (χ3n) is 5.50. The third-order valence-corrected chi connectivity index (χ3v) is 5.50. The zero-order valence-electron chi connectivity index (χ0n) is 17.7. The van der Waals surface area contributed by atoms with Crippen molar-refractivity contribution in [3.63, 3.8) is 0 Å². The van der Waals surface area contributed by atoms with E-state index in [-0.39, 0.29) is 11.7 Å². The van der Waals surface area contributed by atoms with Crippen LogP contribution in [0, 0.1) is 19.7 Å². The molecule has 1 aliphatic rings. The Bertz CT molecular complexity index is 1040. The number of ether oxygens (including phenoxy) is 1. The van der Waals surface area contributed by atoms with Gasteiger partial charge in [0.25, 0.3) is 5.91 Å². The van der Waals surface area contributed by atoms with E-state index in [0.29, 0.717) is 35.4 Å². The number of hydrogen-bond acceptors (Lipinski definition) is 5. The fourth-order valence-electron chi connectivity index (χ4n) is 3.86. The summed E-state index contributed by atoms with van der Waals surface area (Å²) in [4.78, 5) is 12.6. The van der Waals surface area contributed by atoms with Crippen LogP contribution in [0.25, 0.3) is 11.1 Å². The predicted octanol–water partition coefficient (Wildman–Crippen LogP) is 4.87. The maximum atomic E-state index is 13.1. The maximum absolute atomic E-state index is 13.1. The van der Waals surface area contributed by atoms with Crippen LogP contribution in [-0.2, 0) is 0 Å². The lowest BCUT2D eigenvalue weighted by Crippen LogP contribution is -2.38. The van der Waals surface area contributed by atoms with E-state index in [9.17, 15) is 9.18 Å². The molecule has 3 aromatic rings. The second-order valence-corrected chi connectivity index (χ2v) is 7.83.